The van der Waals surface area contributed by atoms with Gasteiger partial charge in [0.15, 0.2) is 11.5 Å². The summed E-state index contributed by atoms with van der Waals surface area (Å²) in [5.74, 6) is -1.06. The van der Waals surface area contributed by atoms with E-state index in [1.807, 2.05) is 0 Å². The van der Waals surface area contributed by atoms with Crippen molar-refractivity contribution in [2.24, 2.45) is 7.05 Å². The topological polar surface area (TPSA) is 59.8 Å². The first kappa shape index (κ1) is 11.7. The predicted octanol–water partition coefficient (Wildman–Crippen LogP) is 1.97. The second-order valence-corrected chi connectivity index (χ2v) is 4.10. The number of hydrogen-bond donors (Lipinski definition) is 1. The highest BCUT2D eigenvalue weighted by Gasteiger charge is 2.13. The van der Waals surface area contributed by atoms with Crippen LogP contribution in [0.25, 0.3) is 0 Å². The maximum atomic E-state index is 13.2. The maximum Gasteiger partial charge on any atom is 0.276 e. The molecule has 7 heteroatoms. The molecule has 0 unspecified atom stereocenters. The number of carbonyl (C=O) groups excluding carboxylic acids is 1. The van der Waals surface area contributed by atoms with Gasteiger partial charge in [0, 0.05) is 19.3 Å². The minimum Gasteiger partial charge on any atom is -0.318 e. The van der Waals surface area contributed by atoms with Gasteiger partial charge in [-0.25, -0.2) is 4.39 Å². The molecule has 0 fully saturated rings. The summed E-state index contributed by atoms with van der Waals surface area (Å²) < 4.78 is 15.4. The molecule has 1 N–H and O–H groups in total. The van der Waals surface area contributed by atoms with E-state index in [0.717, 1.165) is 6.20 Å². The van der Waals surface area contributed by atoms with Gasteiger partial charge in [0.1, 0.15) is 4.60 Å². The third kappa shape index (κ3) is 2.50. The highest BCUT2D eigenvalue weighted by Crippen LogP contribution is 2.14. The van der Waals surface area contributed by atoms with E-state index >= 15 is 0 Å². The third-order valence-corrected chi connectivity index (χ3v) is 2.82. The number of rotatable bonds is 2. The van der Waals surface area contributed by atoms with Gasteiger partial charge >= 0.3 is 0 Å². The minimum atomic E-state index is -0.587. The van der Waals surface area contributed by atoms with Crippen molar-refractivity contribution >= 4 is 27.5 Å². The summed E-state index contributed by atoms with van der Waals surface area (Å²) in [5, 5.41) is 6.37. The van der Waals surface area contributed by atoms with Crippen LogP contribution in [-0.4, -0.2) is 20.7 Å². The van der Waals surface area contributed by atoms with Crippen molar-refractivity contribution in [2.45, 2.75) is 0 Å². The molecular weight excluding hydrogens is 291 g/mol. The summed E-state index contributed by atoms with van der Waals surface area (Å²) in [7, 11) is 1.69. The van der Waals surface area contributed by atoms with Crippen molar-refractivity contribution in [3.05, 3.63) is 40.6 Å². The smallest absolute Gasteiger partial charge is 0.276 e. The summed E-state index contributed by atoms with van der Waals surface area (Å²) >= 11 is 3.22. The normalized spacial score (nSPS) is 10.3. The van der Waals surface area contributed by atoms with E-state index in [-0.39, 0.29) is 11.4 Å². The summed E-state index contributed by atoms with van der Waals surface area (Å²) in [6.07, 6.45) is 2.43. The summed E-state index contributed by atoms with van der Waals surface area (Å²) in [6.45, 7) is 0. The van der Waals surface area contributed by atoms with Crippen LogP contribution in [0.1, 0.15) is 10.5 Å². The average Bonchev–Trinajstić information content (AvgIpc) is 2.63. The van der Waals surface area contributed by atoms with Crippen molar-refractivity contribution in [3.8, 4) is 0 Å². The zero-order chi connectivity index (χ0) is 12.4. The standard InChI is InChI=1S/C10H8BrFN4O/c1-16-9(11)4-8(15-16)10(17)14-7-2-3-13-5-6(7)12/h2-5H,1H3,(H,13,14,17). The molecule has 0 aromatic carbocycles. The van der Waals surface area contributed by atoms with E-state index < -0.39 is 11.7 Å². The van der Waals surface area contributed by atoms with E-state index in [1.165, 1.54) is 16.9 Å². The zero-order valence-electron chi connectivity index (χ0n) is 8.82. The average molecular weight is 299 g/mol. The summed E-state index contributed by atoms with van der Waals surface area (Å²) in [6, 6.07) is 2.93. The van der Waals surface area contributed by atoms with E-state index in [4.69, 9.17) is 0 Å². The highest BCUT2D eigenvalue weighted by atomic mass is 79.9. The number of amides is 1. The van der Waals surface area contributed by atoms with Crippen LogP contribution >= 0.6 is 15.9 Å². The molecule has 0 aliphatic rings. The van der Waals surface area contributed by atoms with Crippen LogP contribution in [-0.2, 0) is 7.05 Å². The van der Waals surface area contributed by atoms with E-state index in [2.05, 4.69) is 31.3 Å². The molecule has 5 nitrogen and oxygen atoms in total. The summed E-state index contributed by atoms with van der Waals surface area (Å²) in [5.41, 5.74) is 0.280. The van der Waals surface area contributed by atoms with Crippen molar-refractivity contribution in [1.82, 2.24) is 14.8 Å². The molecule has 0 atom stereocenters. The molecule has 0 spiro atoms. The molecule has 0 saturated carbocycles. The van der Waals surface area contributed by atoms with Gasteiger partial charge < -0.3 is 5.32 Å². The van der Waals surface area contributed by atoms with E-state index in [9.17, 15) is 9.18 Å². The van der Waals surface area contributed by atoms with Crippen LogP contribution in [0.2, 0.25) is 0 Å². The van der Waals surface area contributed by atoms with Gasteiger partial charge in [-0.3, -0.25) is 14.5 Å². The Hall–Kier alpha value is -1.76. The monoisotopic (exact) mass is 298 g/mol. The molecule has 2 rings (SSSR count). The molecule has 0 saturated heterocycles. The second kappa shape index (κ2) is 4.62. The van der Waals surface area contributed by atoms with E-state index in [0.29, 0.717) is 4.60 Å². The van der Waals surface area contributed by atoms with Crippen molar-refractivity contribution < 1.29 is 9.18 Å². The number of nitrogens with one attached hydrogen (secondary N) is 1. The quantitative estimate of drug-likeness (QED) is 0.922. The maximum absolute atomic E-state index is 13.2. The Morgan fingerprint density at radius 3 is 2.94 bits per heavy atom. The first-order chi connectivity index (χ1) is 8.08. The lowest BCUT2D eigenvalue weighted by Crippen LogP contribution is -2.14. The van der Waals surface area contributed by atoms with Gasteiger partial charge in [0.2, 0.25) is 0 Å². The number of halogens is 2. The number of anilines is 1. The van der Waals surface area contributed by atoms with Crippen LogP contribution < -0.4 is 5.32 Å². The van der Waals surface area contributed by atoms with Crippen molar-refractivity contribution in [1.29, 1.82) is 0 Å². The van der Waals surface area contributed by atoms with Crippen LogP contribution in [0.4, 0.5) is 10.1 Å². The lowest BCUT2D eigenvalue weighted by molar-refractivity contribution is 0.102. The molecule has 17 heavy (non-hydrogen) atoms. The van der Waals surface area contributed by atoms with Crippen molar-refractivity contribution in [3.63, 3.8) is 0 Å². The minimum absolute atomic E-state index is 0.0757. The fourth-order valence-corrected chi connectivity index (χ4v) is 1.51. The highest BCUT2D eigenvalue weighted by molar-refractivity contribution is 9.10. The second-order valence-electron chi connectivity index (χ2n) is 3.29. The van der Waals surface area contributed by atoms with Gasteiger partial charge in [-0.1, -0.05) is 0 Å². The van der Waals surface area contributed by atoms with Crippen LogP contribution in [0.5, 0.6) is 0 Å². The Labute approximate surface area is 105 Å². The number of nitrogens with zero attached hydrogens (tertiary/aromatic N) is 3. The molecule has 0 bridgehead atoms. The lowest BCUT2D eigenvalue weighted by atomic mass is 10.3. The van der Waals surface area contributed by atoms with Crippen LogP contribution in [0.15, 0.2) is 29.1 Å². The number of carbonyl (C=O) groups is 1. The Morgan fingerprint density at radius 1 is 1.59 bits per heavy atom. The molecule has 1 amide bonds. The fraction of sp³-hybridized carbons (Fsp3) is 0.100. The molecular formula is C10H8BrFN4O. The SMILES string of the molecule is Cn1nc(C(=O)Nc2ccncc2F)cc1Br. The molecule has 2 heterocycles. The Balaban J connectivity index is 2.20. The summed E-state index contributed by atoms with van der Waals surface area (Å²) in [4.78, 5) is 15.3. The van der Waals surface area contributed by atoms with Gasteiger partial charge in [-0.05, 0) is 22.0 Å². The van der Waals surface area contributed by atoms with Crippen LogP contribution in [0.3, 0.4) is 0 Å². The third-order valence-electron chi connectivity index (χ3n) is 2.08. The molecule has 0 aliphatic heterocycles. The Bertz CT molecular complexity index is 550. The fourth-order valence-electron chi connectivity index (χ4n) is 1.22. The molecule has 2 aromatic rings. The lowest BCUT2D eigenvalue weighted by Gasteiger charge is -2.03. The molecule has 88 valence electrons. The first-order valence-corrected chi connectivity index (χ1v) is 5.47. The number of aromatic nitrogens is 3. The van der Waals surface area contributed by atoms with Gasteiger partial charge in [0.25, 0.3) is 5.91 Å². The van der Waals surface area contributed by atoms with Crippen LogP contribution in [0, 0.1) is 5.82 Å². The molecule has 0 aliphatic carbocycles. The van der Waals surface area contributed by atoms with Gasteiger partial charge in [0.05, 0.1) is 11.9 Å². The zero-order valence-corrected chi connectivity index (χ0v) is 10.4. The first-order valence-electron chi connectivity index (χ1n) is 4.68. The predicted molar refractivity (Wildman–Crippen MR) is 63.1 cm³/mol. The number of pyridine rings is 1. The largest absolute Gasteiger partial charge is 0.318 e. The van der Waals surface area contributed by atoms with Gasteiger partial charge in [-0.2, -0.15) is 5.10 Å². The Morgan fingerprint density at radius 2 is 2.35 bits per heavy atom. The van der Waals surface area contributed by atoms with E-state index in [1.54, 1.807) is 13.1 Å². The van der Waals surface area contributed by atoms with Gasteiger partial charge in [-0.15, -0.1) is 0 Å². The Kier molecular flexibility index (Phi) is 3.19. The molecule has 0 radical (unpaired) electrons. The number of hydrogen-bond acceptors (Lipinski definition) is 3. The number of aryl methyl sites for hydroxylation is 1. The molecule has 2 aromatic heterocycles. The van der Waals surface area contributed by atoms with Crippen molar-refractivity contribution in [2.75, 3.05) is 5.32 Å².